The van der Waals surface area contributed by atoms with Gasteiger partial charge in [0.1, 0.15) is 24.5 Å². The predicted molar refractivity (Wildman–Crippen MR) is 203 cm³/mol. The summed E-state index contributed by atoms with van der Waals surface area (Å²) in [4.78, 5) is 22.3. The van der Waals surface area contributed by atoms with Gasteiger partial charge in [-0.1, -0.05) is 103 Å². The molecule has 0 saturated carbocycles. The second-order valence-electron chi connectivity index (χ2n) is 12.7. The number of rotatable bonds is 11. The fourth-order valence-corrected chi connectivity index (χ4v) is 7.51. The maximum atomic E-state index is 13.3. The van der Waals surface area contributed by atoms with E-state index in [0.29, 0.717) is 37.5 Å². The van der Waals surface area contributed by atoms with Crippen LogP contribution in [0.4, 0.5) is 16.2 Å². The predicted octanol–water partition coefficient (Wildman–Crippen LogP) is 7.69. The van der Waals surface area contributed by atoms with Gasteiger partial charge in [-0.15, -0.1) is 0 Å². The van der Waals surface area contributed by atoms with E-state index in [2.05, 4.69) is 88.5 Å². The van der Waals surface area contributed by atoms with Crippen LogP contribution in [0.1, 0.15) is 34.9 Å². The number of benzene rings is 5. The van der Waals surface area contributed by atoms with Crippen molar-refractivity contribution in [3.8, 4) is 5.75 Å². The van der Waals surface area contributed by atoms with Crippen molar-refractivity contribution in [2.24, 2.45) is 0 Å². The van der Waals surface area contributed by atoms with E-state index >= 15 is 0 Å². The molecule has 52 heavy (non-hydrogen) atoms. The van der Waals surface area contributed by atoms with Gasteiger partial charge in [0.2, 0.25) is 0 Å². The molecule has 0 aliphatic carbocycles. The van der Waals surface area contributed by atoms with Crippen LogP contribution < -0.4 is 14.5 Å². The Morgan fingerprint density at radius 3 is 2.00 bits per heavy atom. The van der Waals surface area contributed by atoms with E-state index in [1.165, 1.54) is 12.1 Å². The number of fused-ring (bicyclic) bond motifs is 1. The first-order chi connectivity index (χ1) is 25.3. The van der Waals surface area contributed by atoms with Gasteiger partial charge in [0.15, 0.2) is 9.84 Å². The largest absolute Gasteiger partial charge is 0.490 e. The number of anilines is 2. The molecule has 0 unspecified atom stereocenters. The highest BCUT2D eigenvalue weighted by atomic mass is 32.2. The average molecular weight is 713 g/mol. The fraction of sp³-hybridized carbons (Fsp3) is 0.190. The summed E-state index contributed by atoms with van der Waals surface area (Å²) in [6, 6.07) is 43.6. The zero-order valence-corrected chi connectivity index (χ0v) is 29.9. The molecule has 0 N–H and O–H groups in total. The van der Waals surface area contributed by atoms with Gasteiger partial charge < -0.3 is 18.9 Å². The first kappa shape index (κ1) is 34.6. The lowest BCUT2D eigenvalue weighted by Crippen LogP contribution is -2.37. The van der Waals surface area contributed by atoms with E-state index in [0.717, 1.165) is 40.1 Å². The molecule has 0 bridgehead atoms. The van der Waals surface area contributed by atoms with Crippen molar-refractivity contribution in [3.63, 3.8) is 0 Å². The van der Waals surface area contributed by atoms with Gasteiger partial charge in [-0.05, 0) is 59.5 Å². The molecule has 7 rings (SSSR count). The summed E-state index contributed by atoms with van der Waals surface area (Å²) in [7, 11) is -3.31. The summed E-state index contributed by atoms with van der Waals surface area (Å²) in [5, 5.41) is 0. The number of ether oxygens (including phenoxy) is 2. The Bertz CT molecular complexity index is 2150. The van der Waals surface area contributed by atoms with E-state index in [-0.39, 0.29) is 11.5 Å². The number of imidazole rings is 1. The number of carbonyl (C=O) groups is 1. The summed E-state index contributed by atoms with van der Waals surface area (Å²) in [5.41, 5.74) is 5.82. The Kier molecular flexibility index (Phi) is 9.82. The SMILES string of the molecule is CCN(C(=O)OCc1ccc(S(C)(=O)=O)cc1)c1ccc2c(c1)N(Cc1cn(C(c3ccccc3)(c3ccccc3)c3ccccc3)cn1)CCO2. The standard InChI is InChI=1S/C42H40N4O5S/c1-3-46(41(47)51-30-32-19-22-38(23-20-32)52(2,48)49)37-21-24-40-39(27-37)44(25-26-50-40)28-36-29-45(31-43-36)42(33-13-7-4-8-14-33,34-15-9-5-10-16-34)35-17-11-6-12-18-35/h4-24,27,29,31H,3,25-26,28,30H2,1-2H3. The average Bonchev–Trinajstić information content (AvgIpc) is 3.64. The van der Waals surface area contributed by atoms with Crippen molar-refractivity contribution in [2.45, 2.75) is 30.5 Å². The third kappa shape index (κ3) is 6.89. The van der Waals surface area contributed by atoms with E-state index in [1.807, 2.05) is 49.6 Å². The van der Waals surface area contributed by atoms with Crippen LogP contribution in [0, 0.1) is 0 Å². The lowest BCUT2D eigenvalue weighted by molar-refractivity contribution is 0.147. The summed E-state index contributed by atoms with van der Waals surface area (Å²) in [6.45, 7) is 3.98. The minimum atomic E-state index is -3.31. The molecular weight excluding hydrogens is 673 g/mol. The summed E-state index contributed by atoms with van der Waals surface area (Å²) >= 11 is 0. The smallest absolute Gasteiger partial charge is 0.414 e. The van der Waals surface area contributed by atoms with Gasteiger partial charge in [0, 0.05) is 24.7 Å². The maximum Gasteiger partial charge on any atom is 0.414 e. The second kappa shape index (κ2) is 14.8. The molecule has 2 heterocycles. The summed E-state index contributed by atoms with van der Waals surface area (Å²) in [6.07, 6.45) is 4.71. The van der Waals surface area contributed by atoms with Gasteiger partial charge >= 0.3 is 6.09 Å². The van der Waals surface area contributed by atoms with Crippen molar-refractivity contribution < 1.29 is 22.7 Å². The molecule has 6 aromatic rings. The van der Waals surface area contributed by atoms with Crippen LogP contribution in [0.5, 0.6) is 5.75 Å². The van der Waals surface area contributed by atoms with Crippen LogP contribution >= 0.6 is 0 Å². The molecule has 0 saturated heterocycles. The number of sulfone groups is 1. The van der Waals surface area contributed by atoms with Gasteiger partial charge in [-0.25, -0.2) is 18.2 Å². The molecule has 1 amide bonds. The quantitative estimate of drug-likeness (QED) is 0.127. The Balaban J connectivity index is 1.16. The van der Waals surface area contributed by atoms with E-state index in [1.54, 1.807) is 17.0 Å². The lowest BCUT2D eigenvalue weighted by atomic mass is 9.77. The Morgan fingerprint density at radius 2 is 1.44 bits per heavy atom. The number of hydrogen-bond acceptors (Lipinski definition) is 7. The molecule has 1 aliphatic heterocycles. The Hall–Kier alpha value is -5.87. The summed E-state index contributed by atoms with van der Waals surface area (Å²) < 4.78 is 37.5. The zero-order valence-electron chi connectivity index (χ0n) is 29.1. The van der Waals surface area contributed by atoms with Crippen LogP contribution in [-0.2, 0) is 33.3 Å². The highest BCUT2D eigenvalue weighted by molar-refractivity contribution is 7.90. The molecule has 264 valence electrons. The van der Waals surface area contributed by atoms with E-state index < -0.39 is 21.5 Å². The van der Waals surface area contributed by atoms with E-state index in [9.17, 15) is 13.2 Å². The van der Waals surface area contributed by atoms with Gasteiger partial charge in [0.25, 0.3) is 0 Å². The molecular formula is C42H40N4O5S. The second-order valence-corrected chi connectivity index (χ2v) is 14.7. The van der Waals surface area contributed by atoms with Crippen LogP contribution in [-0.4, -0.2) is 50.0 Å². The van der Waals surface area contributed by atoms with Crippen molar-refractivity contribution in [2.75, 3.05) is 35.8 Å². The van der Waals surface area contributed by atoms with Crippen LogP contribution in [0.2, 0.25) is 0 Å². The highest BCUT2D eigenvalue weighted by Gasteiger charge is 2.38. The zero-order chi connectivity index (χ0) is 36.1. The number of aromatic nitrogens is 2. The third-order valence-corrected chi connectivity index (χ3v) is 10.5. The van der Waals surface area contributed by atoms with Crippen molar-refractivity contribution in [1.82, 2.24) is 9.55 Å². The van der Waals surface area contributed by atoms with Crippen molar-refractivity contribution in [3.05, 3.63) is 174 Å². The van der Waals surface area contributed by atoms with Gasteiger partial charge in [-0.3, -0.25) is 4.90 Å². The molecule has 0 fully saturated rings. The normalized spacial score (nSPS) is 12.8. The van der Waals surface area contributed by atoms with Crippen molar-refractivity contribution in [1.29, 1.82) is 0 Å². The number of carbonyl (C=O) groups excluding carboxylic acids is 1. The topological polar surface area (TPSA) is 94.0 Å². The minimum Gasteiger partial charge on any atom is -0.490 e. The molecule has 0 spiro atoms. The molecule has 1 aromatic heterocycles. The van der Waals surface area contributed by atoms with E-state index in [4.69, 9.17) is 14.5 Å². The van der Waals surface area contributed by atoms with Crippen LogP contribution in [0.25, 0.3) is 0 Å². The summed E-state index contributed by atoms with van der Waals surface area (Å²) in [5.74, 6) is 0.733. The van der Waals surface area contributed by atoms with Crippen molar-refractivity contribution >= 4 is 27.3 Å². The van der Waals surface area contributed by atoms with Gasteiger partial charge in [-0.2, -0.15) is 0 Å². The molecule has 0 radical (unpaired) electrons. The molecule has 9 nitrogen and oxygen atoms in total. The molecule has 5 aromatic carbocycles. The number of nitrogens with zero attached hydrogens (tertiary/aromatic N) is 4. The molecule has 10 heteroatoms. The lowest BCUT2D eigenvalue weighted by Gasteiger charge is -2.37. The molecule has 1 aliphatic rings. The first-order valence-electron chi connectivity index (χ1n) is 17.2. The monoisotopic (exact) mass is 712 g/mol. The van der Waals surface area contributed by atoms with Crippen LogP contribution in [0.3, 0.4) is 0 Å². The highest BCUT2D eigenvalue weighted by Crippen LogP contribution is 2.41. The first-order valence-corrected chi connectivity index (χ1v) is 19.1. The van der Waals surface area contributed by atoms with Gasteiger partial charge in [0.05, 0.1) is 35.7 Å². The number of amides is 1. The Labute approximate surface area is 304 Å². The van der Waals surface area contributed by atoms with Crippen LogP contribution in [0.15, 0.2) is 151 Å². The third-order valence-electron chi connectivity index (χ3n) is 9.41. The number of hydrogen-bond donors (Lipinski definition) is 0. The Morgan fingerprint density at radius 1 is 0.846 bits per heavy atom. The minimum absolute atomic E-state index is 0.0125. The maximum absolute atomic E-state index is 13.3. The molecule has 0 atom stereocenters. The fourth-order valence-electron chi connectivity index (χ4n) is 6.88.